The number of aromatic nitrogens is 4. The van der Waals surface area contributed by atoms with Gasteiger partial charge in [0.1, 0.15) is 6.33 Å². The van der Waals surface area contributed by atoms with Crippen molar-refractivity contribution in [1.29, 1.82) is 0 Å². The van der Waals surface area contributed by atoms with Crippen LogP contribution in [-0.4, -0.2) is 26.1 Å². The standard InChI is InChI=1S/C17H15Cl2N5O/c1-11(13-4-7-15(18)16(19)9-13)21-17(25)8-12-2-5-14(6-3-12)24-10-20-22-23-24/h2-7,9-11H,8H2,1H3,(H,21,25)/t11-/m1/s1. The summed E-state index contributed by atoms with van der Waals surface area (Å²) in [6, 6.07) is 12.6. The van der Waals surface area contributed by atoms with Crippen molar-refractivity contribution in [1.82, 2.24) is 25.5 Å². The summed E-state index contributed by atoms with van der Waals surface area (Å²) in [7, 11) is 0. The van der Waals surface area contributed by atoms with Crippen LogP contribution in [0.15, 0.2) is 48.8 Å². The number of amides is 1. The Kier molecular flexibility index (Phi) is 5.31. The fourth-order valence-corrected chi connectivity index (χ4v) is 2.70. The Morgan fingerprint density at radius 1 is 1.16 bits per heavy atom. The predicted octanol–water partition coefficient (Wildman–Crippen LogP) is 3.39. The van der Waals surface area contributed by atoms with Gasteiger partial charge in [-0.05, 0) is 52.7 Å². The van der Waals surface area contributed by atoms with E-state index in [1.54, 1.807) is 16.8 Å². The number of halogens is 2. The van der Waals surface area contributed by atoms with Gasteiger partial charge in [0.15, 0.2) is 0 Å². The summed E-state index contributed by atoms with van der Waals surface area (Å²) >= 11 is 11.9. The summed E-state index contributed by atoms with van der Waals surface area (Å²) in [6.45, 7) is 1.90. The molecule has 0 bridgehead atoms. The van der Waals surface area contributed by atoms with Crippen molar-refractivity contribution in [2.24, 2.45) is 0 Å². The number of rotatable bonds is 5. The van der Waals surface area contributed by atoms with Gasteiger partial charge in [0.25, 0.3) is 0 Å². The Bertz CT molecular complexity index is 865. The van der Waals surface area contributed by atoms with Crippen molar-refractivity contribution in [3.8, 4) is 5.69 Å². The maximum Gasteiger partial charge on any atom is 0.224 e. The molecular formula is C17H15Cl2N5O. The molecule has 25 heavy (non-hydrogen) atoms. The summed E-state index contributed by atoms with van der Waals surface area (Å²) < 4.78 is 1.55. The van der Waals surface area contributed by atoms with Crippen LogP contribution in [0.5, 0.6) is 0 Å². The van der Waals surface area contributed by atoms with Crippen molar-refractivity contribution in [3.63, 3.8) is 0 Å². The molecule has 0 saturated heterocycles. The highest BCUT2D eigenvalue weighted by atomic mass is 35.5. The first-order valence-corrected chi connectivity index (χ1v) is 8.35. The highest BCUT2D eigenvalue weighted by Crippen LogP contribution is 2.25. The molecule has 0 aliphatic rings. The lowest BCUT2D eigenvalue weighted by atomic mass is 10.1. The normalized spacial score (nSPS) is 12.0. The first-order valence-electron chi connectivity index (χ1n) is 7.59. The topological polar surface area (TPSA) is 72.7 Å². The molecule has 1 atom stereocenters. The Morgan fingerprint density at radius 2 is 1.92 bits per heavy atom. The highest BCUT2D eigenvalue weighted by Gasteiger charge is 2.12. The zero-order valence-corrected chi connectivity index (χ0v) is 14.9. The molecule has 0 unspecified atom stereocenters. The first kappa shape index (κ1) is 17.4. The van der Waals surface area contributed by atoms with Crippen molar-refractivity contribution < 1.29 is 4.79 Å². The average Bonchev–Trinajstić information content (AvgIpc) is 3.12. The van der Waals surface area contributed by atoms with E-state index in [1.165, 1.54) is 6.33 Å². The Hall–Kier alpha value is -2.44. The fraction of sp³-hybridized carbons (Fsp3) is 0.176. The van der Waals surface area contributed by atoms with E-state index in [0.717, 1.165) is 16.8 Å². The molecule has 1 N–H and O–H groups in total. The van der Waals surface area contributed by atoms with Crippen molar-refractivity contribution >= 4 is 29.1 Å². The average molecular weight is 376 g/mol. The SMILES string of the molecule is C[C@@H](NC(=O)Cc1ccc(-n2cnnn2)cc1)c1ccc(Cl)c(Cl)c1. The van der Waals surface area contributed by atoms with Crippen LogP contribution < -0.4 is 5.32 Å². The molecule has 1 aromatic heterocycles. The Balaban J connectivity index is 1.61. The molecule has 8 heteroatoms. The van der Waals surface area contributed by atoms with Gasteiger partial charge in [-0.3, -0.25) is 4.79 Å². The van der Waals surface area contributed by atoms with E-state index in [1.807, 2.05) is 37.3 Å². The van der Waals surface area contributed by atoms with E-state index in [9.17, 15) is 4.79 Å². The molecule has 2 aromatic carbocycles. The minimum atomic E-state index is -0.164. The monoisotopic (exact) mass is 375 g/mol. The largest absolute Gasteiger partial charge is 0.349 e. The number of tetrazole rings is 1. The van der Waals surface area contributed by atoms with Crippen molar-refractivity contribution in [3.05, 3.63) is 70.0 Å². The fourth-order valence-electron chi connectivity index (χ4n) is 2.39. The maximum atomic E-state index is 12.3. The van der Waals surface area contributed by atoms with E-state index in [0.29, 0.717) is 10.0 Å². The molecule has 0 fully saturated rings. The van der Waals surface area contributed by atoms with E-state index in [-0.39, 0.29) is 18.4 Å². The zero-order valence-electron chi connectivity index (χ0n) is 13.4. The summed E-state index contributed by atoms with van der Waals surface area (Å²) in [5.74, 6) is -0.0752. The molecule has 1 amide bonds. The Labute approximate surface area is 154 Å². The minimum absolute atomic E-state index is 0.0752. The summed E-state index contributed by atoms with van der Waals surface area (Å²) in [6.07, 6.45) is 1.79. The molecule has 3 rings (SSSR count). The van der Waals surface area contributed by atoms with Crippen LogP contribution in [0.2, 0.25) is 10.0 Å². The van der Waals surface area contributed by atoms with Gasteiger partial charge >= 0.3 is 0 Å². The third-order valence-corrected chi connectivity index (χ3v) is 4.47. The molecule has 6 nitrogen and oxygen atoms in total. The van der Waals surface area contributed by atoms with E-state index >= 15 is 0 Å². The molecule has 0 aliphatic heterocycles. The minimum Gasteiger partial charge on any atom is -0.349 e. The van der Waals surface area contributed by atoms with Crippen LogP contribution in [0.1, 0.15) is 24.1 Å². The lowest BCUT2D eigenvalue weighted by Gasteiger charge is -2.15. The zero-order chi connectivity index (χ0) is 17.8. The molecule has 0 aliphatic carbocycles. The third kappa shape index (κ3) is 4.35. The molecule has 0 spiro atoms. The second kappa shape index (κ2) is 7.63. The number of nitrogens with one attached hydrogen (secondary N) is 1. The lowest BCUT2D eigenvalue weighted by molar-refractivity contribution is -0.121. The van der Waals surface area contributed by atoms with Gasteiger partial charge in [-0.2, -0.15) is 0 Å². The van der Waals surface area contributed by atoms with E-state index < -0.39 is 0 Å². The van der Waals surface area contributed by atoms with Gasteiger partial charge in [0, 0.05) is 0 Å². The number of nitrogens with zero attached hydrogens (tertiary/aromatic N) is 4. The van der Waals surface area contributed by atoms with Crippen LogP contribution in [0.25, 0.3) is 5.69 Å². The predicted molar refractivity (Wildman–Crippen MR) is 95.9 cm³/mol. The van der Waals surface area contributed by atoms with Gasteiger partial charge in [-0.25, -0.2) is 4.68 Å². The van der Waals surface area contributed by atoms with Gasteiger partial charge in [-0.1, -0.05) is 41.4 Å². The second-order valence-electron chi connectivity index (χ2n) is 5.56. The van der Waals surface area contributed by atoms with Crippen LogP contribution in [0.4, 0.5) is 0 Å². The second-order valence-corrected chi connectivity index (χ2v) is 6.37. The van der Waals surface area contributed by atoms with Crippen LogP contribution in [0, 0.1) is 0 Å². The number of carbonyl (C=O) groups is 1. The molecular weight excluding hydrogens is 361 g/mol. The highest BCUT2D eigenvalue weighted by molar-refractivity contribution is 6.42. The number of hydrogen-bond acceptors (Lipinski definition) is 4. The summed E-state index contributed by atoms with van der Waals surface area (Å²) in [5.41, 5.74) is 2.63. The van der Waals surface area contributed by atoms with Gasteiger partial charge in [0.2, 0.25) is 5.91 Å². The van der Waals surface area contributed by atoms with E-state index in [4.69, 9.17) is 23.2 Å². The van der Waals surface area contributed by atoms with Crippen LogP contribution >= 0.6 is 23.2 Å². The van der Waals surface area contributed by atoms with E-state index in [2.05, 4.69) is 20.8 Å². The molecule has 3 aromatic rings. The van der Waals surface area contributed by atoms with Crippen LogP contribution in [0.3, 0.4) is 0 Å². The summed E-state index contributed by atoms with van der Waals surface area (Å²) in [5, 5.41) is 14.9. The molecule has 128 valence electrons. The van der Waals surface area contributed by atoms with Crippen LogP contribution in [-0.2, 0) is 11.2 Å². The van der Waals surface area contributed by atoms with Gasteiger partial charge in [-0.15, -0.1) is 5.10 Å². The number of carbonyl (C=O) groups excluding carboxylic acids is 1. The number of benzene rings is 2. The molecule has 0 radical (unpaired) electrons. The smallest absolute Gasteiger partial charge is 0.224 e. The molecule has 1 heterocycles. The summed E-state index contributed by atoms with van der Waals surface area (Å²) in [4.78, 5) is 12.3. The molecule has 0 saturated carbocycles. The van der Waals surface area contributed by atoms with Gasteiger partial charge in [0.05, 0.1) is 28.2 Å². The lowest BCUT2D eigenvalue weighted by Crippen LogP contribution is -2.28. The number of hydrogen-bond donors (Lipinski definition) is 1. The van der Waals surface area contributed by atoms with Crippen molar-refractivity contribution in [2.45, 2.75) is 19.4 Å². The first-order chi connectivity index (χ1) is 12.0. The van der Waals surface area contributed by atoms with Gasteiger partial charge < -0.3 is 5.32 Å². The quantitative estimate of drug-likeness (QED) is 0.741. The van der Waals surface area contributed by atoms with Crippen molar-refractivity contribution in [2.75, 3.05) is 0 Å². The maximum absolute atomic E-state index is 12.3. The third-order valence-electron chi connectivity index (χ3n) is 3.74. The Morgan fingerprint density at radius 3 is 2.56 bits per heavy atom.